The number of alkyl halides is 1. The first-order valence-corrected chi connectivity index (χ1v) is 4.80. The summed E-state index contributed by atoms with van der Waals surface area (Å²) in [5, 5.41) is 0. The van der Waals surface area contributed by atoms with Gasteiger partial charge >= 0.3 is 0 Å². The van der Waals surface area contributed by atoms with Crippen LogP contribution in [0.1, 0.15) is 6.92 Å². The Kier molecular flexibility index (Phi) is 1.52. The molecule has 3 nitrogen and oxygen atoms in total. The molecule has 10 heavy (non-hydrogen) atoms. The van der Waals surface area contributed by atoms with Crippen molar-refractivity contribution >= 4 is 10.0 Å². The minimum absolute atomic E-state index is 0.00579. The minimum atomic E-state index is -3.14. The summed E-state index contributed by atoms with van der Waals surface area (Å²) in [6.45, 7) is 1.41. The summed E-state index contributed by atoms with van der Waals surface area (Å²) in [5.74, 6) is 0. The van der Waals surface area contributed by atoms with Gasteiger partial charge in [-0.05, 0) is 6.92 Å². The van der Waals surface area contributed by atoms with E-state index >= 15 is 0 Å². The molecule has 1 heterocycles. The summed E-state index contributed by atoms with van der Waals surface area (Å²) in [5.41, 5.74) is -1.30. The molecule has 1 aliphatic rings. The average molecular weight is 167 g/mol. The number of rotatable bonds is 1. The summed E-state index contributed by atoms with van der Waals surface area (Å²) < 4.78 is 35.1. The molecule has 0 aromatic carbocycles. The highest BCUT2D eigenvalue weighted by atomic mass is 32.2. The zero-order valence-electron chi connectivity index (χ0n) is 5.96. The predicted octanol–water partition coefficient (Wildman–Crippen LogP) is -0.0102. The van der Waals surface area contributed by atoms with Gasteiger partial charge in [-0.1, -0.05) is 0 Å². The Labute approximate surface area is 59.9 Å². The highest BCUT2D eigenvalue weighted by molar-refractivity contribution is 7.88. The predicted molar refractivity (Wildman–Crippen MR) is 35.9 cm³/mol. The summed E-state index contributed by atoms with van der Waals surface area (Å²) >= 11 is 0. The van der Waals surface area contributed by atoms with Crippen LogP contribution in [0.2, 0.25) is 0 Å². The second-order valence-electron chi connectivity index (χ2n) is 2.94. The van der Waals surface area contributed by atoms with E-state index in [4.69, 9.17) is 0 Å². The van der Waals surface area contributed by atoms with Gasteiger partial charge in [0.1, 0.15) is 5.67 Å². The molecular weight excluding hydrogens is 157 g/mol. The highest BCUT2D eigenvalue weighted by Gasteiger charge is 2.43. The van der Waals surface area contributed by atoms with Crippen molar-refractivity contribution in [1.29, 1.82) is 0 Å². The van der Waals surface area contributed by atoms with E-state index < -0.39 is 15.7 Å². The lowest BCUT2D eigenvalue weighted by Gasteiger charge is -2.39. The molecule has 1 fully saturated rings. The van der Waals surface area contributed by atoms with Gasteiger partial charge in [0.2, 0.25) is 10.0 Å². The third-order valence-electron chi connectivity index (χ3n) is 1.48. The Bertz CT molecular complexity index is 226. The normalized spacial score (nSPS) is 25.9. The smallest absolute Gasteiger partial charge is 0.211 e. The lowest BCUT2D eigenvalue weighted by molar-refractivity contribution is 0.0402. The van der Waals surface area contributed by atoms with Crippen LogP contribution in [0.4, 0.5) is 4.39 Å². The van der Waals surface area contributed by atoms with Crippen molar-refractivity contribution in [2.45, 2.75) is 12.6 Å². The fourth-order valence-corrected chi connectivity index (χ4v) is 1.93. The van der Waals surface area contributed by atoms with Gasteiger partial charge in [0, 0.05) is 13.1 Å². The summed E-state index contributed by atoms with van der Waals surface area (Å²) in [6, 6.07) is 0. The zero-order valence-corrected chi connectivity index (χ0v) is 6.78. The summed E-state index contributed by atoms with van der Waals surface area (Å²) in [6.07, 6.45) is 1.09. The van der Waals surface area contributed by atoms with E-state index in [1.807, 2.05) is 0 Å². The average Bonchev–Trinajstić information content (AvgIpc) is 1.56. The van der Waals surface area contributed by atoms with Crippen LogP contribution in [-0.4, -0.2) is 37.7 Å². The third-order valence-corrected chi connectivity index (χ3v) is 2.68. The Morgan fingerprint density at radius 1 is 1.50 bits per heavy atom. The maximum Gasteiger partial charge on any atom is 0.211 e. The number of hydrogen-bond donors (Lipinski definition) is 0. The summed E-state index contributed by atoms with van der Waals surface area (Å²) in [4.78, 5) is 0. The molecule has 0 spiro atoms. The molecule has 0 aromatic rings. The number of nitrogens with zero attached hydrogens (tertiary/aromatic N) is 1. The van der Waals surface area contributed by atoms with Crippen LogP contribution in [0.3, 0.4) is 0 Å². The second kappa shape index (κ2) is 1.92. The lowest BCUT2D eigenvalue weighted by Crippen LogP contribution is -2.58. The van der Waals surface area contributed by atoms with Crippen LogP contribution in [0.25, 0.3) is 0 Å². The van der Waals surface area contributed by atoms with E-state index in [1.54, 1.807) is 0 Å². The monoisotopic (exact) mass is 167 g/mol. The van der Waals surface area contributed by atoms with Gasteiger partial charge in [-0.3, -0.25) is 0 Å². The molecule has 0 saturated carbocycles. The molecular formula is C5H10FNO2S. The number of halogens is 1. The molecule has 0 bridgehead atoms. The van der Waals surface area contributed by atoms with Crippen molar-refractivity contribution < 1.29 is 12.8 Å². The maximum atomic E-state index is 12.7. The van der Waals surface area contributed by atoms with Crippen molar-refractivity contribution in [2.24, 2.45) is 0 Å². The van der Waals surface area contributed by atoms with Crippen LogP contribution in [0.5, 0.6) is 0 Å². The van der Waals surface area contributed by atoms with E-state index in [0.29, 0.717) is 0 Å². The first kappa shape index (κ1) is 7.94. The SMILES string of the molecule is CC1(F)CN(S(C)(=O)=O)C1. The van der Waals surface area contributed by atoms with E-state index in [0.717, 1.165) is 10.6 Å². The van der Waals surface area contributed by atoms with Crippen LogP contribution in [-0.2, 0) is 10.0 Å². The Morgan fingerprint density at radius 3 is 2.00 bits per heavy atom. The molecule has 0 N–H and O–H groups in total. The number of hydrogen-bond acceptors (Lipinski definition) is 2. The third kappa shape index (κ3) is 1.46. The first-order valence-electron chi connectivity index (χ1n) is 2.95. The van der Waals surface area contributed by atoms with E-state index in [9.17, 15) is 12.8 Å². The molecule has 0 radical (unpaired) electrons. The van der Waals surface area contributed by atoms with Crippen LogP contribution in [0, 0.1) is 0 Å². The van der Waals surface area contributed by atoms with Crippen molar-refractivity contribution in [2.75, 3.05) is 19.3 Å². The topological polar surface area (TPSA) is 37.4 Å². The highest BCUT2D eigenvalue weighted by Crippen LogP contribution is 2.26. The Balaban J connectivity index is 2.57. The molecule has 0 atom stereocenters. The van der Waals surface area contributed by atoms with Gasteiger partial charge in [0.15, 0.2) is 0 Å². The van der Waals surface area contributed by atoms with Crippen molar-refractivity contribution in [1.82, 2.24) is 4.31 Å². The molecule has 0 aliphatic carbocycles. The van der Waals surface area contributed by atoms with Gasteiger partial charge < -0.3 is 0 Å². The Morgan fingerprint density at radius 2 is 1.90 bits per heavy atom. The summed E-state index contributed by atoms with van der Waals surface area (Å²) in [7, 11) is -3.14. The minimum Gasteiger partial charge on any atom is -0.241 e. The molecule has 0 aromatic heterocycles. The molecule has 1 saturated heterocycles. The van der Waals surface area contributed by atoms with Crippen molar-refractivity contribution in [3.05, 3.63) is 0 Å². The standard InChI is InChI=1S/C5H10FNO2S/c1-5(6)3-7(4-5)10(2,8)9/h3-4H2,1-2H3. The first-order chi connectivity index (χ1) is 4.31. The molecule has 60 valence electrons. The lowest BCUT2D eigenvalue weighted by atomic mass is 10.0. The van der Waals surface area contributed by atoms with Crippen LogP contribution in [0.15, 0.2) is 0 Å². The fraction of sp³-hybridized carbons (Fsp3) is 1.00. The van der Waals surface area contributed by atoms with Crippen LogP contribution < -0.4 is 0 Å². The van der Waals surface area contributed by atoms with Crippen molar-refractivity contribution in [3.63, 3.8) is 0 Å². The van der Waals surface area contributed by atoms with Gasteiger partial charge in [-0.25, -0.2) is 12.8 Å². The van der Waals surface area contributed by atoms with Gasteiger partial charge in [-0.15, -0.1) is 0 Å². The maximum absolute atomic E-state index is 12.7. The number of sulfonamides is 1. The van der Waals surface area contributed by atoms with Crippen molar-refractivity contribution in [3.8, 4) is 0 Å². The quantitative estimate of drug-likeness (QED) is 0.551. The fourth-order valence-electron chi connectivity index (χ4n) is 0.924. The van der Waals surface area contributed by atoms with E-state index in [1.165, 1.54) is 6.92 Å². The van der Waals surface area contributed by atoms with E-state index in [2.05, 4.69) is 0 Å². The zero-order chi connectivity index (χ0) is 7.99. The molecule has 0 unspecified atom stereocenters. The second-order valence-corrected chi connectivity index (χ2v) is 4.93. The molecule has 0 amide bonds. The van der Waals surface area contributed by atoms with Gasteiger partial charge in [-0.2, -0.15) is 4.31 Å². The van der Waals surface area contributed by atoms with Gasteiger partial charge in [0.25, 0.3) is 0 Å². The molecule has 5 heteroatoms. The Hall–Kier alpha value is -0.160. The van der Waals surface area contributed by atoms with Crippen LogP contribution >= 0.6 is 0 Å². The van der Waals surface area contributed by atoms with E-state index in [-0.39, 0.29) is 13.1 Å². The molecule has 1 aliphatic heterocycles. The molecule has 1 rings (SSSR count). The largest absolute Gasteiger partial charge is 0.241 e. The van der Waals surface area contributed by atoms with Gasteiger partial charge in [0.05, 0.1) is 6.26 Å².